The van der Waals surface area contributed by atoms with Gasteiger partial charge in [0, 0.05) is 31.9 Å². The molecule has 1 amide bonds. The number of amides is 1. The van der Waals surface area contributed by atoms with Crippen molar-refractivity contribution >= 4 is 5.91 Å². The Labute approximate surface area is 100 Å². The van der Waals surface area contributed by atoms with Gasteiger partial charge >= 0.3 is 5.69 Å². The van der Waals surface area contributed by atoms with Gasteiger partial charge in [-0.3, -0.25) is 19.4 Å². The van der Waals surface area contributed by atoms with Crippen molar-refractivity contribution in [1.29, 1.82) is 0 Å². The Kier molecular flexibility index (Phi) is 5.48. The summed E-state index contributed by atoms with van der Waals surface area (Å²) in [5, 5.41) is 0. The average molecular weight is 240 g/mol. The molecule has 1 aromatic rings. The van der Waals surface area contributed by atoms with Gasteiger partial charge in [-0.25, -0.2) is 10.6 Å². The molecule has 17 heavy (non-hydrogen) atoms. The van der Waals surface area contributed by atoms with Crippen molar-refractivity contribution in [3.05, 3.63) is 22.9 Å². The van der Waals surface area contributed by atoms with E-state index in [4.69, 9.17) is 5.84 Å². The van der Waals surface area contributed by atoms with Gasteiger partial charge in [-0.2, -0.15) is 0 Å². The number of carbonyl (C=O) groups excluding carboxylic acids is 1. The third-order valence-electron chi connectivity index (χ3n) is 2.60. The number of rotatable bonds is 7. The van der Waals surface area contributed by atoms with E-state index in [-0.39, 0.29) is 11.6 Å². The Balaban J connectivity index is 2.37. The number of nitrogens with one attached hydrogen (secondary N) is 1. The summed E-state index contributed by atoms with van der Waals surface area (Å²) in [6.45, 7) is 3.43. The van der Waals surface area contributed by atoms with E-state index in [0.717, 1.165) is 25.8 Å². The van der Waals surface area contributed by atoms with Gasteiger partial charge in [0.1, 0.15) is 0 Å². The van der Waals surface area contributed by atoms with E-state index in [0.29, 0.717) is 13.0 Å². The van der Waals surface area contributed by atoms with Gasteiger partial charge in [0.15, 0.2) is 0 Å². The number of hydrazine groups is 1. The van der Waals surface area contributed by atoms with Crippen molar-refractivity contribution in [2.24, 2.45) is 5.84 Å². The van der Waals surface area contributed by atoms with Crippen LogP contribution < -0.4 is 17.0 Å². The Morgan fingerprint density at radius 3 is 2.53 bits per heavy atom. The molecule has 1 heterocycles. The molecule has 3 N–H and O–H groups in total. The molecule has 0 saturated heterocycles. The Morgan fingerprint density at radius 1 is 1.29 bits per heavy atom. The highest BCUT2D eigenvalue weighted by atomic mass is 16.2. The highest BCUT2D eigenvalue weighted by molar-refractivity contribution is 5.74. The largest absolute Gasteiger partial charge is 0.328 e. The van der Waals surface area contributed by atoms with Crippen LogP contribution >= 0.6 is 0 Å². The molecule has 0 saturated carbocycles. The molecule has 0 atom stereocenters. The quantitative estimate of drug-likeness (QED) is 0.309. The minimum absolute atomic E-state index is 0.0233. The van der Waals surface area contributed by atoms with Crippen LogP contribution in [0.15, 0.2) is 17.2 Å². The lowest BCUT2D eigenvalue weighted by atomic mass is 10.2. The maximum atomic E-state index is 11.8. The highest BCUT2D eigenvalue weighted by Crippen LogP contribution is 1.98. The molecule has 0 spiro atoms. The molecule has 0 bridgehead atoms. The third-order valence-corrected chi connectivity index (χ3v) is 2.60. The maximum Gasteiger partial charge on any atom is 0.328 e. The number of carbonyl (C=O) groups is 1. The van der Waals surface area contributed by atoms with E-state index < -0.39 is 0 Å². The lowest BCUT2D eigenvalue weighted by molar-refractivity contribution is -0.121. The molecule has 0 aliphatic heterocycles. The van der Waals surface area contributed by atoms with Crippen molar-refractivity contribution < 1.29 is 4.79 Å². The highest BCUT2D eigenvalue weighted by Gasteiger charge is 2.03. The molecular weight excluding hydrogens is 220 g/mol. The fourth-order valence-electron chi connectivity index (χ4n) is 1.67. The normalized spacial score (nSPS) is 10.5. The number of nitrogens with two attached hydrogens (primary N) is 1. The number of imidazole rings is 1. The van der Waals surface area contributed by atoms with E-state index in [2.05, 4.69) is 5.43 Å². The van der Waals surface area contributed by atoms with Gasteiger partial charge in [-0.1, -0.05) is 6.92 Å². The van der Waals surface area contributed by atoms with Crippen molar-refractivity contribution in [3.63, 3.8) is 0 Å². The Morgan fingerprint density at radius 2 is 1.94 bits per heavy atom. The van der Waals surface area contributed by atoms with Crippen LogP contribution in [0, 0.1) is 0 Å². The van der Waals surface area contributed by atoms with Crippen molar-refractivity contribution in [2.45, 2.75) is 45.7 Å². The first-order valence-electron chi connectivity index (χ1n) is 5.94. The zero-order valence-electron chi connectivity index (χ0n) is 10.2. The van der Waals surface area contributed by atoms with Gasteiger partial charge in [0.25, 0.3) is 0 Å². The molecule has 0 aliphatic carbocycles. The summed E-state index contributed by atoms with van der Waals surface area (Å²) in [6.07, 6.45) is 6.47. The number of nitrogens with zero attached hydrogens (tertiary/aromatic N) is 2. The molecule has 0 aliphatic rings. The molecule has 0 aromatic carbocycles. The first kappa shape index (κ1) is 13.5. The van der Waals surface area contributed by atoms with Crippen molar-refractivity contribution in [2.75, 3.05) is 0 Å². The van der Waals surface area contributed by atoms with E-state index in [1.54, 1.807) is 21.5 Å². The fourth-order valence-corrected chi connectivity index (χ4v) is 1.67. The van der Waals surface area contributed by atoms with Gasteiger partial charge in [-0.05, 0) is 19.3 Å². The van der Waals surface area contributed by atoms with Crippen LogP contribution in [-0.2, 0) is 17.9 Å². The lowest BCUT2D eigenvalue weighted by Gasteiger charge is -2.02. The molecule has 6 heteroatoms. The minimum Gasteiger partial charge on any atom is -0.299 e. The summed E-state index contributed by atoms with van der Waals surface area (Å²) >= 11 is 0. The average Bonchev–Trinajstić information content (AvgIpc) is 2.67. The van der Waals surface area contributed by atoms with Gasteiger partial charge in [-0.15, -0.1) is 0 Å². The Hall–Kier alpha value is -1.56. The van der Waals surface area contributed by atoms with E-state index in [1.807, 2.05) is 6.92 Å². The molecule has 96 valence electrons. The van der Waals surface area contributed by atoms with Crippen molar-refractivity contribution in [1.82, 2.24) is 14.6 Å². The van der Waals surface area contributed by atoms with E-state index >= 15 is 0 Å². The van der Waals surface area contributed by atoms with E-state index in [9.17, 15) is 9.59 Å². The summed E-state index contributed by atoms with van der Waals surface area (Å²) in [5.41, 5.74) is 2.11. The Bertz CT molecular complexity index is 408. The fraction of sp³-hybridized carbons (Fsp3) is 0.636. The zero-order chi connectivity index (χ0) is 12.7. The SMILES string of the molecule is CCCn1ccn(CCCCC(=O)NN)c1=O. The van der Waals surface area contributed by atoms with Crippen LogP contribution in [0.5, 0.6) is 0 Å². The lowest BCUT2D eigenvalue weighted by Crippen LogP contribution is -2.29. The van der Waals surface area contributed by atoms with Crippen LogP contribution in [-0.4, -0.2) is 15.0 Å². The van der Waals surface area contributed by atoms with Gasteiger partial charge in [0.2, 0.25) is 5.91 Å². The number of hydrogen-bond donors (Lipinski definition) is 2. The number of aromatic nitrogens is 2. The summed E-state index contributed by atoms with van der Waals surface area (Å²) in [4.78, 5) is 22.6. The van der Waals surface area contributed by atoms with Crippen LogP contribution in [0.1, 0.15) is 32.6 Å². The molecule has 0 unspecified atom stereocenters. The maximum absolute atomic E-state index is 11.8. The monoisotopic (exact) mass is 240 g/mol. The zero-order valence-corrected chi connectivity index (χ0v) is 10.2. The second-order valence-electron chi connectivity index (χ2n) is 3.99. The molecule has 0 radical (unpaired) electrons. The van der Waals surface area contributed by atoms with Crippen molar-refractivity contribution in [3.8, 4) is 0 Å². The smallest absolute Gasteiger partial charge is 0.299 e. The summed E-state index contributed by atoms with van der Waals surface area (Å²) in [7, 11) is 0. The van der Waals surface area contributed by atoms with Crippen LogP contribution in [0.2, 0.25) is 0 Å². The van der Waals surface area contributed by atoms with Gasteiger partial charge in [0.05, 0.1) is 0 Å². The van der Waals surface area contributed by atoms with E-state index in [1.165, 1.54) is 0 Å². The molecule has 0 fully saturated rings. The first-order valence-corrected chi connectivity index (χ1v) is 5.94. The second kappa shape index (κ2) is 6.90. The number of unbranched alkanes of at least 4 members (excludes halogenated alkanes) is 1. The predicted octanol–water partition coefficient (Wildman–Crippen LogP) is 0.220. The molecule has 1 aromatic heterocycles. The van der Waals surface area contributed by atoms with Crippen LogP contribution in [0.3, 0.4) is 0 Å². The molecular formula is C11H20N4O2. The summed E-state index contributed by atoms with van der Waals surface area (Å²) in [5.74, 6) is 4.80. The molecule has 1 rings (SSSR count). The topological polar surface area (TPSA) is 82.1 Å². The van der Waals surface area contributed by atoms with Crippen LogP contribution in [0.25, 0.3) is 0 Å². The van der Waals surface area contributed by atoms with Crippen LogP contribution in [0.4, 0.5) is 0 Å². The number of hydrogen-bond acceptors (Lipinski definition) is 3. The predicted molar refractivity (Wildman–Crippen MR) is 65.2 cm³/mol. The first-order chi connectivity index (χ1) is 8.19. The summed E-state index contributed by atoms with van der Waals surface area (Å²) in [6, 6.07) is 0. The second-order valence-corrected chi connectivity index (χ2v) is 3.99. The minimum atomic E-state index is -0.166. The third kappa shape index (κ3) is 4.07. The summed E-state index contributed by atoms with van der Waals surface area (Å²) < 4.78 is 3.38. The standard InChI is InChI=1S/C11H20N4O2/c1-2-6-14-8-9-15(11(14)17)7-4-3-5-10(16)13-12/h8-9H,2-7,12H2,1H3,(H,13,16). The molecule has 6 nitrogen and oxygen atoms in total. The number of aryl methyl sites for hydroxylation is 2. The van der Waals surface area contributed by atoms with Gasteiger partial charge < -0.3 is 0 Å².